The molecule has 0 spiro atoms. The van der Waals surface area contributed by atoms with E-state index in [1.807, 2.05) is 0 Å². The van der Waals surface area contributed by atoms with E-state index in [1.165, 1.54) is 36.4 Å². The third-order valence-electron chi connectivity index (χ3n) is 2.87. The maximum atomic E-state index is 12.8. The van der Waals surface area contributed by atoms with E-state index in [0.717, 1.165) is 0 Å². The number of anilines is 1. The van der Waals surface area contributed by atoms with Crippen LogP contribution in [0.2, 0.25) is 0 Å². The van der Waals surface area contributed by atoms with E-state index in [1.54, 1.807) is 13.0 Å². The second-order valence-electron chi connectivity index (χ2n) is 4.47. The zero-order chi connectivity index (χ0) is 15.0. The summed E-state index contributed by atoms with van der Waals surface area (Å²) in [5.41, 5.74) is 1.27. The molecule has 5 nitrogen and oxygen atoms in total. The molecule has 21 heavy (non-hydrogen) atoms. The predicted octanol–water partition coefficient (Wildman–Crippen LogP) is 3.08. The maximum Gasteiger partial charge on any atom is 0.261 e. The average molecular weight is 306 g/mol. The molecule has 0 saturated carbocycles. The van der Waals surface area contributed by atoms with Gasteiger partial charge in [-0.15, -0.1) is 0 Å². The molecular weight excluding hydrogens is 295 g/mol. The van der Waals surface area contributed by atoms with Gasteiger partial charge in [-0.1, -0.05) is 0 Å². The molecule has 0 saturated heterocycles. The van der Waals surface area contributed by atoms with Crippen molar-refractivity contribution in [2.75, 3.05) is 4.72 Å². The highest BCUT2D eigenvalue weighted by atomic mass is 32.2. The zero-order valence-corrected chi connectivity index (χ0v) is 11.8. The molecule has 0 radical (unpaired) electrons. The van der Waals surface area contributed by atoms with Gasteiger partial charge in [-0.25, -0.2) is 17.8 Å². The minimum atomic E-state index is -3.76. The molecule has 3 aromatic rings. The number of benzene rings is 2. The molecule has 2 aromatic carbocycles. The summed E-state index contributed by atoms with van der Waals surface area (Å²) in [6, 6.07) is 9.48. The van der Waals surface area contributed by atoms with Gasteiger partial charge in [0.25, 0.3) is 10.0 Å². The number of aromatic nitrogens is 1. The normalized spacial score (nSPS) is 11.7. The molecule has 0 atom stereocenters. The molecule has 108 valence electrons. The van der Waals surface area contributed by atoms with Crippen molar-refractivity contribution in [2.45, 2.75) is 11.8 Å². The fourth-order valence-electron chi connectivity index (χ4n) is 1.92. The first kappa shape index (κ1) is 13.6. The summed E-state index contributed by atoms with van der Waals surface area (Å²) in [7, 11) is -3.76. The van der Waals surface area contributed by atoms with Crippen LogP contribution >= 0.6 is 0 Å². The van der Waals surface area contributed by atoms with Crippen LogP contribution in [0.4, 0.5) is 10.1 Å². The van der Waals surface area contributed by atoms with E-state index < -0.39 is 15.8 Å². The number of oxazole rings is 1. The van der Waals surface area contributed by atoms with Gasteiger partial charge in [-0.3, -0.25) is 4.72 Å². The second-order valence-corrected chi connectivity index (χ2v) is 6.16. The number of fused-ring (bicyclic) bond motifs is 1. The topological polar surface area (TPSA) is 72.2 Å². The maximum absolute atomic E-state index is 12.8. The van der Waals surface area contributed by atoms with E-state index >= 15 is 0 Å². The monoisotopic (exact) mass is 306 g/mol. The van der Waals surface area contributed by atoms with Crippen molar-refractivity contribution >= 4 is 26.8 Å². The highest BCUT2D eigenvalue weighted by Gasteiger charge is 2.16. The SMILES string of the molecule is Cc1nc2cc(S(=O)(=O)Nc3ccc(F)cc3)ccc2o1. The summed E-state index contributed by atoms with van der Waals surface area (Å²) in [5, 5.41) is 0. The third kappa shape index (κ3) is 2.73. The lowest BCUT2D eigenvalue weighted by molar-refractivity contribution is 0.561. The van der Waals surface area contributed by atoms with Crippen molar-refractivity contribution < 1.29 is 17.2 Å². The lowest BCUT2D eigenvalue weighted by atomic mass is 10.3. The minimum Gasteiger partial charge on any atom is -0.441 e. The first-order valence-corrected chi connectivity index (χ1v) is 7.58. The molecule has 1 N–H and O–H groups in total. The van der Waals surface area contributed by atoms with Gasteiger partial charge in [0.1, 0.15) is 11.3 Å². The van der Waals surface area contributed by atoms with Crippen LogP contribution in [0, 0.1) is 12.7 Å². The van der Waals surface area contributed by atoms with Crippen molar-refractivity contribution in [3.63, 3.8) is 0 Å². The molecule has 0 bridgehead atoms. The number of sulfonamides is 1. The van der Waals surface area contributed by atoms with E-state index in [9.17, 15) is 12.8 Å². The molecule has 0 fully saturated rings. The quantitative estimate of drug-likeness (QED) is 0.807. The Balaban J connectivity index is 1.97. The summed E-state index contributed by atoms with van der Waals surface area (Å²) in [6.07, 6.45) is 0. The Hall–Kier alpha value is -2.41. The van der Waals surface area contributed by atoms with Gasteiger partial charge < -0.3 is 4.42 Å². The number of halogens is 1. The summed E-state index contributed by atoms with van der Waals surface area (Å²) < 4.78 is 45.1. The summed E-state index contributed by atoms with van der Waals surface area (Å²) in [5.74, 6) is 0.0310. The minimum absolute atomic E-state index is 0.0626. The standard InChI is InChI=1S/C14H11FN2O3S/c1-9-16-13-8-12(6-7-14(13)20-9)21(18,19)17-11-4-2-10(15)3-5-11/h2-8,17H,1H3. The lowest BCUT2D eigenvalue weighted by Gasteiger charge is -2.07. The Morgan fingerprint density at radius 2 is 1.86 bits per heavy atom. The van der Waals surface area contributed by atoms with Crippen LogP contribution in [-0.4, -0.2) is 13.4 Å². The molecule has 0 aliphatic carbocycles. The Kier molecular flexibility index (Phi) is 3.13. The van der Waals surface area contributed by atoms with Gasteiger partial charge in [-0.2, -0.15) is 0 Å². The summed E-state index contributed by atoms with van der Waals surface area (Å²) in [6.45, 7) is 1.69. The summed E-state index contributed by atoms with van der Waals surface area (Å²) >= 11 is 0. The second kappa shape index (κ2) is 4.85. The summed E-state index contributed by atoms with van der Waals surface area (Å²) in [4.78, 5) is 4.16. The number of hydrogen-bond donors (Lipinski definition) is 1. The lowest BCUT2D eigenvalue weighted by Crippen LogP contribution is -2.12. The fraction of sp³-hybridized carbons (Fsp3) is 0.0714. The molecule has 3 rings (SSSR count). The van der Waals surface area contributed by atoms with Crippen LogP contribution in [0.15, 0.2) is 51.8 Å². The molecule has 1 aromatic heterocycles. The van der Waals surface area contributed by atoms with Gasteiger partial charge in [0.15, 0.2) is 11.5 Å². The van der Waals surface area contributed by atoms with E-state index in [4.69, 9.17) is 4.42 Å². The molecule has 1 heterocycles. The van der Waals surface area contributed by atoms with E-state index in [0.29, 0.717) is 17.0 Å². The molecule has 0 unspecified atom stereocenters. The number of rotatable bonds is 3. The van der Waals surface area contributed by atoms with E-state index in [-0.39, 0.29) is 10.6 Å². The Morgan fingerprint density at radius 3 is 2.57 bits per heavy atom. The van der Waals surface area contributed by atoms with E-state index in [2.05, 4.69) is 9.71 Å². The molecule has 7 heteroatoms. The van der Waals surface area contributed by atoms with Gasteiger partial charge in [0.2, 0.25) is 0 Å². The van der Waals surface area contributed by atoms with Gasteiger partial charge in [0, 0.05) is 12.6 Å². The smallest absolute Gasteiger partial charge is 0.261 e. The Labute approximate surface area is 120 Å². The van der Waals surface area contributed by atoms with Gasteiger partial charge in [0.05, 0.1) is 4.90 Å². The van der Waals surface area contributed by atoms with Crippen LogP contribution in [0.1, 0.15) is 5.89 Å². The van der Waals surface area contributed by atoms with Gasteiger partial charge >= 0.3 is 0 Å². The first-order valence-electron chi connectivity index (χ1n) is 6.10. The zero-order valence-electron chi connectivity index (χ0n) is 11.0. The molecule has 0 amide bonds. The highest BCUT2D eigenvalue weighted by Crippen LogP contribution is 2.22. The molecular formula is C14H11FN2O3S. The molecule has 0 aliphatic rings. The fourth-order valence-corrected chi connectivity index (χ4v) is 3.00. The average Bonchev–Trinajstić information content (AvgIpc) is 2.80. The van der Waals surface area contributed by atoms with Crippen LogP contribution in [0.3, 0.4) is 0 Å². The first-order chi connectivity index (χ1) is 9.94. The Morgan fingerprint density at radius 1 is 1.14 bits per heavy atom. The predicted molar refractivity (Wildman–Crippen MR) is 76.0 cm³/mol. The largest absolute Gasteiger partial charge is 0.441 e. The number of aryl methyl sites for hydroxylation is 1. The number of nitrogens with one attached hydrogen (secondary N) is 1. The van der Waals surface area contributed by atoms with Crippen LogP contribution in [0.5, 0.6) is 0 Å². The molecule has 0 aliphatic heterocycles. The van der Waals surface area contributed by atoms with Crippen molar-refractivity contribution in [1.82, 2.24) is 4.98 Å². The third-order valence-corrected chi connectivity index (χ3v) is 4.25. The van der Waals surface area contributed by atoms with Gasteiger partial charge in [-0.05, 0) is 42.5 Å². The van der Waals surface area contributed by atoms with Crippen molar-refractivity contribution in [3.8, 4) is 0 Å². The van der Waals surface area contributed by atoms with Crippen molar-refractivity contribution in [2.24, 2.45) is 0 Å². The van der Waals surface area contributed by atoms with Crippen LogP contribution < -0.4 is 4.72 Å². The van der Waals surface area contributed by atoms with Crippen LogP contribution in [-0.2, 0) is 10.0 Å². The number of hydrogen-bond acceptors (Lipinski definition) is 4. The van der Waals surface area contributed by atoms with Crippen LogP contribution in [0.25, 0.3) is 11.1 Å². The van der Waals surface area contributed by atoms with Crippen molar-refractivity contribution in [1.29, 1.82) is 0 Å². The highest BCUT2D eigenvalue weighted by molar-refractivity contribution is 7.92. The number of nitrogens with zero attached hydrogens (tertiary/aromatic N) is 1. The Bertz CT molecular complexity index is 902. The van der Waals surface area contributed by atoms with Crippen molar-refractivity contribution in [3.05, 3.63) is 54.2 Å².